The number of carbonyl (C=O) groups is 2. The van der Waals surface area contributed by atoms with Crippen LogP contribution in [0.4, 0.5) is 5.13 Å². The highest BCUT2D eigenvalue weighted by Crippen LogP contribution is 2.30. The number of amides is 1. The van der Waals surface area contributed by atoms with Gasteiger partial charge in [0.25, 0.3) is 5.91 Å². The van der Waals surface area contributed by atoms with Crippen molar-refractivity contribution in [3.05, 3.63) is 131 Å². The van der Waals surface area contributed by atoms with E-state index in [2.05, 4.69) is 76.3 Å². The summed E-state index contributed by atoms with van der Waals surface area (Å²) in [6.45, 7) is 1.54. The first kappa shape index (κ1) is 27.8. The van der Waals surface area contributed by atoms with Gasteiger partial charge in [0.1, 0.15) is 0 Å². The largest absolute Gasteiger partial charge is 0.481 e. The van der Waals surface area contributed by atoms with Crippen molar-refractivity contribution in [3.8, 4) is 22.4 Å². The van der Waals surface area contributed by atoms with Gasteiger partial charge in [0.05, 0.1) is 12.1 Å². The van der Waals surface area contributed by atoms with Crippen LogP contribution in [-0.2, 0) is 17.8 Å². The molecule has 0 spiro atoms. The van der Waals surface area contributed by atoms with Crippen LogP contribution in [0.1, 0.15) is 27.9 Å². The second-order valence-corrected chi connectivity index (χ2v) is 10.5. The summed E-state index contributed by atoms with van der Waals surface area (Å²) in [5.74, 6) is -1.22. The van der Waals surface area contributed by atoms with Gasteiger partial charge in [0.2, 0.25) is 0 Å². The van der Waals surface area contributed by atoms with E-state index in [1.54, 1.807) is 23.5 Å². The molecule has 6 nitrogen and oxygen atoms in total. The van der Waals surface area contributed by atoms with Gasteiger partial charge in [-0.3, -0.25) is 9.59 Å². The molecule has 1 heterocycles. The predicted molar refractivity (Wildman–Crippen MR) is 165 cm³/mol. The molecule has 41 heavy (non-hydrogen) atoms. The first-order valence-electron chi connectivity index (χ1n) is 13.5. The highest BCUT2D eigenvalue weighted by atomic mass is 32.1. The zero-order valence-electron chi connectivity index (χ0n) is 22.6. The molecule has 0 aliphatic heterocycles. The van der Waals surface area contributed by atoms with Gasteiger partial charge in [-0.25, -0.2) is 4.98 Å². The Kier molecular flexibility index (Phi) is 9.19. The number of anilines is 1. The van der Waals surface area contributed by atoms with Crippen LogP contribution in [0.2, 0.25) is 0 Å². The third-order valence-corrected chi connectivity index (χ3v) is 7.68. The van der Waals surface area contributed by atoms with E-state index in [4.69, 9.17) is 10.1 Å². The van der Waals surface area contributed by atoms with Crippen molar-refractivity contribution in [2.24, 2.45) is 0 Å². The third kappa shape index (κ3) is 7.68. The molecule has 5 aromatic rings. The minimum absolute atomic E-state index is 0.102. The number of hydrogen-bond acceptors (Lipinski definition) is 5. The fourth-order valence-electron chi connectivity index (χ4n) is 4.52. The molecule has 5 rings (SSSR count). The maximum atomic E-state index is 12.4. The van der Waals surface area contributed by atoms with E-state index in [0.717, 1.165) is 34.9 Å². The molecule has 0 bridgehead atoms. The SMILES string of the molecule is O=C(O)CCNC(=O)c1ccc(CN(CCc2ccccc2)c2nc(-c3ccc(-c4ccccc4)cc3)cs2)cc1. The van der Waals surface area contributed by atoms with E-state index < -0.39 is 5.97 Å². The number of benzene rings is 4. The highest BCUT2D eigenvalue weighted by molar-refractivity contribution is 7.14. The molecule has 0 unspecified atom stereocenters. The summed E-state index contributed by atoms with van der Waals surface area (Å²) in [4.78, 5) is 30.4. The molecular formula is C34H31N3O3S. The molecule has 0 fully saturated rings. The molecule has 0 radical (unpaired) electrons. The Balaban J connectivity index is 1.31. The van der Waals surface area contributed by atoms with E-state index in [9.17, 15) is 9.59 Å². The molecule has 0 saturated heterocycles. The van der Waals surface area contributed by atoms with Gasteiger partial charge >= 0.3 is 5.97 Å². The van der Waals surface area contributed by atoms with Gasteiger partial charge in [-0.1, -0.05) is 97.1 Å². The predicted octanol–water partition coefficient (Wildman–Crippen LogP) is 6.93. The van der Waals surface area contributed by atoms with Gasteiger partial charge in [0, 0.05) is 36.1 Å². The molecule has 2 N–H and O–H groups in total. The van der Waals surface area contributed by atoms with Crippen molar-refractivity contribution in [1.29, 1.82) is 0 Å². The monoisotopic (exact) mass is 561 g/mol. The zero-order chi connectivity index (χ0) is 28.4. The molecule has 1 amide bonds. The van der Waals surface area contributed by atoms with Crippen molar-refractivity contribution >= 4 is 28.3 Å². The number of rotatable bonds is 12. The molecule has 0 aliphatic carbocycles. The second-order valence-electron chi connectivity index (χ2n) is 9.71. The minimum Gasteiger partial charge on any atom is -0.481 e. The number of hydrogen-bond donors (Lipinski definition) is 2. The minimum atomic E-state index is -0.939. The highest BCUT2D eigenvalue weighted by Gasteiger charge is 2.15. The van der Waals surface area contributed by atoms with Crippen molar-refractivity contribution in [2.45, 2.75) is 19.4 Å². The summed E-state index contributed by atoms with van der Waals surface area (Å²) in [6, 6.07) is 36.7. The van der Waals surface area contributed by atoms with E-state index in [-0.39, 0.29) is 18.9 Å². The van der Waals surface area contributed by atoms with Crippen LogP contribution in [0.3, 0.4) is 0 Å². The van der Waals surface area contributed by atoms with Gasteiger partial charge in [-0.05, 0) is 40.8 Å². The van der Waals surface area contributed by atoms with Crippen molar-refractivity contribution < 1.29 is 14.7 Å². The molecular weight excluding hydrogens is 530 g/mol. The number of aromatic nitrogens is 1. The molecule has 0 aliphatic rings. The maximum absolute atomic E-state index is 12.4. The molecule has 0 saturated carbocycles. The Morgan fingerprint density at radius 2 is 1.39 bits per heavy atom. The van der Waals surface area contributed by atoms with Crippen LogP contribution >= 0.6 is 11.3 Å². The summed E-state index contributed by atoms with van der Waals surface area (Å²) in [7, 11) is 0. The Morgan fingerprint density at radius 1 is 0.756 bits per heavy atom. The second kappa shape index (κ2) is 13.5. The number of nitrogens with one attached hydrogen (secondary N) is 1. The molecule has 0 atom stereocenters. The number of nitrogens with zero attached hydrogens (tertiary/aromatic N) is 2. The summed E-state index contributed by atoms with van der Waals surface area (Å²) >= 11 is 1.63. The van der Waals surface area contributed by atoms with Gasteiger partial charge in [-0.15, -0.1) is 11.3 Å². The average molecular weight is 562 g/mol. The van der Waals surface area contributed by atoms with Gasteiger partial charge < -0.3 is 15.3 Å². The molecule has 4 aromatic carbocycles. The Bertz CT molecular complexity index is 1570. The lowest BCUT2D eigenvalue weighted by Gasteiger charge is -2.22. The van der Waals surface area contributed by atoms with E-state index in [0.29, 0.717) is 12.1 Å². The number of carbonyl (C=O) groups excluding carboxylic acids is 1. The van der Waals surface area contributed by atoms with Crippen LogP contribution < -0.4 is 10.2 Å². The fraction of sp³-hybridized carbons (Fsp3) is 0.147. The molecule has 1 aromatic heterocycles. The van der Waals surface area contributed by atoms with Crippen molar-refractivity contribution in [2.75, 3.05) is 18.0 Å². The molecule has 7 heteroatoms. The average Bonchev–Trinajstić information content (AvgIpc) is 3.51. The smallest absolute Gasteiger partial charge is 0.305 e. The lowest BCUT2D eigenvalue weighted by atomic mass is 10.0. The van der Waals surface area contributed by atoms with Crippen LogP contribution in [0.25, 0.3) is 22.4 Å². The van der Waals surface area contributed by atoms with Gasteiger partial charge in [-0.2, -0.15) is 0 Å². The first-order valence-corrected chi connectivity index (χ1v) is 14.4. The summed E-state index contributed by atoms with van der Waals surface area (Å²) in [5.41, 5.74) is 7.21. The Morgan fingerprint density at radius 3 is 2.07 bits per heavy atom. The summed E-state index contributed by atoms with van der Waals surface area (Å²) in [6.07, 6.45) is 0.777. The van der Waals surface area contributed by atoms with Gasteiger partial charge in [0.15, 0.2) is 5.13 Å². The zero-order valence-corrected chi connectivity index (χ0v) is 23.4. The number of carboxylic acids is 1. The quantitative estimate of drug-likeness (QED) is 0.173. The van der Waals surface area contributed by atoms with Crippen molar-refractivity contribution in [3.63, 3.8) is 0 Å². The number of carboxylic acid groups (broad SMARTS) is 1. The van der Waals surface area contributed by atoms with Crippen LogP contribution in [0.5, 0.6) is 0 Å². The first-order chi connectivity index (χ1) is 20.0. The van der Waals surface area contributed by atoms with E-state index in [1.807, 2.05) is 36.4 Å². The fourth-order valence-corrected chi connectivity index (χ4v) is 5.39. The van der Waals surface area contributed by atoms with Crippen LogP contribution in [0, 0.1) is 0 Å². The Labute approximate surface area is 244 Å². The normalized spacial score (nSPS) is 10.7. The topological polar surface area (TPSA) is 82.5 Å². The summed E-state index contributed by atoms with van der Waals surface area (Å²) < 4.78 is 0. The van der Waals surface area contributed by atoms with Crippen LogP contribution in [0.15, 0.2) is 115 Å². The maximum Gasteiger partial charge on any atom is 0.305 e. The number of aliphatic carboxylic acids is 1. The molecule has 206 valence electrons. The lowest BCUT2D eigenvalue weighted by molar-refractivity contribution is -0.136. The lowest BCUT2D eigenvalue weighted by Crippen LogP contribution is -2.26. The van der Waals surface area contributed by atoms with E-state index in [1.165, 1.54) is 16.7 Å². The third-order valence-electron chi connectivity index (χ3n) is 6.78. The van der Waals surface area contributed by atoms with Crippen molar-refractivity contribution in [1.82, 2.24) is 10.3 Å². The number of thiazole rings is 1. The standard InChI is InChI=1S/C34H31N3O3S/c38-32(39)19-21-35-33(40)30-13-11-26(12-14-30)23-37(22-20-25-7-3-1-4-8-25)34-36-31(24-41-34)29-17-15-28(16-18-29)27-9-5-2-6-10-27/h1-18,24H,19-23H2,(H,35,40)(H,38,39). The van der Waals surface area contributed by atoms with E-state index >= 15 is 0 Å². The summed E-state index contributed by atoms with van der Waals surface area (Å²) in [5, 5.41) is 14.5. The Hall–Kier alpha value is -4.75. The van der Waals surface area contributed by atoms with Crippen LogP contribution in [-0.4, -0.2) is 35.1 Å².